The van der Waals surface area contributed by atoms with Crippen LogP contribution in [0.1, 0.15) is 98.4 Å². The van der Waals surface area contributed by atoms with Crippen LogP contribution >= 0.6 is 0 Å². The van der Waals surface area contributed by atoms with Crippen molar-refractivity contribution in [3.63, 3.8) is 0 Å². The van der Waals surface area contributed by atoms with Crippen LogP contribution in [-0.4, -0.2) is 49.2 Å². The Morgan fingerprint density at radius 2 is 0.850 bits per heavy atom. The molecule has 9 heteroatoms. The van der Waals surface area contributed by atoms with E-state index < -0.39 is 42.1 Å². The van der Waals surface area contributed by atoms with Crippen LogP contribution < -0.4 is 15.8 Å². The number of carbonyl (C=O) groups excluding carboxylic acids is 2. The molecule has 0 amide bonds. The quantitative estimate of drug-likeness (QED) is 0.107. The van der Waals surface area contributed by atoms with Gasteiger partial charge in [-0.3, -0.25) is 9.59 Å². The van der Waals surface area contributed by atoms with Crippen LogP contribution in [0.5, 0.6) is 0 Å². The predicted molar refractivity (Wildman–Crippen MR) is 241 cm³/mol. The summed E-state index contributed by atoms with van der Waals surface area (Å²) in [6.45, 7) is 16.5. The second kappa shape index (κ2) is 14.3. The van der Waals surface area contributed by atoms with Crippen molar-refractivity contribution >= 4 is 54.8 Å². The SMILES string of the molecule is CC1(C)OB(c2ccc(N(c3ccc(B4OC(C)(C)C(C)(C)O4)cc3)c3cccc4c3-c3ccccc3C4(c3ccc(C=O)cc3)c3ccc(C=O)cc3)cc2)OC1(C)C. The standard InChI is InChI=1S/C51H49B2NO6/c1-47(2)48(3,4)58-52(57-47)38-24-28-40(29-25-38)54(41-30-26-39(27-31-41)53-59-49(5,6)50(7,8)60-53)45-15-11-14-44-46(45)42-12-9-10-13-43(42)51(44,36-20-16-34(32-55)17-21-36)37-22-18-35(33-56)19-23-37/h9-33H,1-8H3. The molecular weight excluding hydrogens is 744 g/mol. The maximum atomic E-state index is 11.9. The lowest BCUT2D eigenvalue weighted by Gasteiger charge is -2.34. The Morgan fingerprint density at radius 1 is 0.450 bits per heavy atom. The summed E-state index contributed by atoms with van der Waals surface area (Å²) in [5, 5.41) is 0. The van der Waals surface area contributed by atoms with Gasteiger partial charge in [-0.05, 0) is 124 Å². The molecular formula is C51H49B2NO6. The van der Waals surface area contributed by atoms with Crippen LogP contribution in [0.15, 0.2) is 140 Å². The maximum Gasteiger partial charge on any atom is 0.494 e. The topological polar surface area (TPSA) is 74.3 Å². The molecule has 0 N–H and O–H groups in total. The molecule has 2 heterocycles. The molecule has 60 heavy (non-hydrogen) atoms. The molecule has 300 valence electrons. The van der Waals surface area contributed by atoms with Gasteiger partial charge in [0.15, 0.2) is 0 Å². The molecule has 9 rings (SSSR count). The van der Waals surface area contributed by atoms with Crippen LogP contribution in [0.25, 0.3) is 11.1 Å². The largest absolute Gasteiger partial charge is 0.494 e. The second-order valence-corrected chi connectivity index (χ2v) is 18.2. The molecule has 0 spiro atoms. The van der Waals surface area contributed by atoms with Crippen molar-refractivity contribution in [2.75, 3.05) is 4.90 Å². The Morgan fingerprint density at radius 3 is 1.27 bits per heavy atom. The minimum Gasteiger partial charge on any atom is -0.399 e. The molecule has 3 aliphatic rings. The molecule has 2 saturated heterocycles. The fourth-order valence-electron chi connectivity index (χ4n) is 8.85. The summed E-state index contributed by atoms with van der Waals surface area (Å²) in [6.07, 6.45) is 1.75. The van der Waals surface area contributed by atoms with E-state index in [0.717, 1.165) is 73.9 Å². The number of aldehydes is 2. The van der Waals surface area contributed by atoms with E-state index in [9.17, 15) is 9.59 Å². The second-order valence-electron chi connectivity index (χ2n) is 18.2. The predicted octanol–water partition coefficient (Wildman–Crippen LogP) is 9.74. The Kier molecular flexibility index (Phi) is 9.49. The van der Waals surface area contributed by atoms with E-state index in [1.54, 1.807) is 0 Å². The third-order valence-corrected chi connectivity index (χ3v) is 13.6. The van der Waals surface area contributed by atoms with Gasteiger partial charge in [-0.15, -0.1) is 0 Å². The zero-order valence-corrected chi connectivity index (χ0v) is 35.5. The molecule has 0 unspecified atom stereocenters. The molecule has 0 aromatic heterocycles. The first-order valence-corrected chi connectivity index (χ1v) is 20.7. The number of hydrogen-bond donors (Lipinski definition) is 0. The number of benzene rings is 6. The lowest BCUT2D eigenvalue weighted by Crippen LogP contribution is -2.41. The van der Waals surface area contributed by atoms with E-state index in [-0.39, 0.29) is 0 Å². The summed E-state index contributed by atoms with van der Waals surface area (Å²) in [5.74, 6) is 0. The minimum atomic E-state index is -0.766. The van der Waals surface area contributed by atoms with Crippen molar-refractivity contribution in [2.24, 2.45) is 0 Å². The fraction of sp³-hybridized carbons (Fsp3) is 0.255. The number of rotatable bonds is 9. The van der Waals surface area contributed by atoms with E-state index in [1.807, 2.05) is 24.3 Å². The molecule has 2 fully saturated rings. The van der Waals surface area contributed by atoms with Gasteiger partial charge in [-0.1, -0.05) is 109 Å². The highest BCUT2D eigenvalue weighted by Gasteiger charge is 2.53. The summed E-state index contributed by atoms with van der Waals surface area (Å²) in [4.78, 5) is 26.1. The van der Waals surface area contributed by atoms with Crippen LogP contribution in [0.3, 0.4) is 0 Å². The average Bonchev–Trinajstić information content (AvgIpc) is 3.76. The van der Waals surface area contributed by atoms with E-state index in [2.05, 4.69) is 176 Å². The van der Waals surface area contributed by atoms with E-state index in [0.29, 0.717) is 11.1 Å². The number of nitrogens with zero attached hydrogens (tertiary/aromatic N) is 1. The molecule has 0 saturated carbocycles. The molecule has 2 aliphatic heterocycles. The van der Waals surface area contributed by atoms with Crippen LogP contribution in [0, 0.1) is 0 Å². The average molecular weight is 794 g/mol. The highest BCUT2D eigenvalue weighted by Crippen LogP contribution is 2.59. The van der Waals surface area contributed by atoms with Gasteiger partial charge in [0.25, 0.3) is 0 Å². The van der Waals surface area contributed by atoms with Crippen molar-refractivity contribution in [2.45, 2.75) is 83.2 Å². The van der Waals surface area contributed by atoms with Gasteiger partial charge >= 0.3 is 14.2 Å². The Bertz CT molecular complexity index is 2440. The molecule has 6 aromatic rings. The zero-order valence-electron chi connectivity index (χ0n) is 35.5. The smallest absolute Gasteiger partial charge is 0.399 e. The van der Waals surface area contributed by atoms with Crippen molar-refractivity contribution in [3.05, 3.63) is 173 Å². The van der Waals surface area contributed by atoms with Crippen LogP contribution in [0.4, 0.5) is 17.1 Å². The first kappa shape index (κ1) is 39.9. The third kappa shape index (κ3) is 6.21. The monoisotopic (exact) mass is 793 g/mol. The Balaban J connectivity index is 1.24. The summed E-state index contributed by atoms with van der Waals surface area (Å²) >= 11 is 0. The molecule has 6 aromatic carbocycles. The summed E-state index contributed by atoms with van der Waals surface area (Å²) in [5.41, 5.74) is 9.74. The van der Waals surface area contributed by atoms with E-state index in [4.69, 9.17) is 18.6 Å². The first-order valence-electron chi connectivity index (χ1n) is 20.7. The fourth-order valence-corrected chi connectivity index (χ4v) is 8.85. The minimum absolute atomic E-state index is 0.465. The van der Waals surface area contributed by atoms with Crippen LogP contribution in [-0.2, 0) is 24.0 Å². The third-order valence-electron chi connectivity index (χ3n) is 13.6. The van der Waals surface area contributed by atoms with Gasteiger partial charge in [-0.2, -0.15) is 0 Å². The maximum absolute atomic E-state index is 11.9. The van der Waals surface area contributed by atoms with Gasteiger partial charge in [-0.25, -0.2) is 0 Å². The number of hydrogen-bond acceptors (Lipinski definition) is 7. The first-order chi connectivity index (χ1) is 28.6. The Labute approximate surface area is 353 Å². The van der Waals surface area contributed by atoms with Crippen molar-refractivity contribution < 1.29 is 28.2 Å². The molecule has 1 aliphatic carbocycles. The van der Waals surface area contributed by atoms with Crippen LogP contribution in [0.2, 0.25) is 0 Å². The highest BCUT2D eigenvalue weighted by molar-refractivity contribution is 6.62. The lowest BCUT2D eigenvalue weighted by molar-refractivity contribution is 0.00578. The van der Waals surface area contributed by atoms with Gasteiger partial charge in [0.1, 0.15) is 12.6 Å². The molecule has 0 bridgehead atoms. The number of anilines is 3. The van der Waals surface area contributed by atoms with Gasteiger partial charge in [0, 0.05) is 28.1 Å². The van der Waals surface area contributed by atoms with Gasteiger partial charge < -0.3 is 23.5 Å². The van der Waals surface area contributed by atoms with Crippen molar-refractivity contribution in [1.82, 2.24) is 0 Å². The van der Waals surface area contributed by atoms with Crippen molar-refractivity contribution in [3.8, 4) is 11.1 Å². The number of carbonyl (C=O) groups is 2. The Hall–Kier alpha value is -5.57. The molecule has 0 radical (unpaired) electrons. The molecule has 7 nitrogen and oxygen atoms in total. The normalized spacial score (nSPS) is 18.8. The zero-order chi connectivity index (χ0) is 42.2. The van der Waals surface area contributed by atoms with E-state index in [1.165, 1.54) is 0 Å². The summed E-state index contributed by atoms with van der Waals surface area (Å²) in [7, 11) is -0.997. The summed E-state index contributed by atoms with van der Waals surface area (Å²) in [6, 6.07) is 47.7. The lowest BCUT2D eigenvalue weighted by atomic mass is 9.67. The number of fused-ring (bicyclic) bond motifs is 3. The van der Waals surface area contributed by atoms with Gasteiger partial charge in [0.2, 0.25) is 0 Å². The summed E-state index contributed by atoms with van der Waals surface area (Å²) < 4.78 is 25.8. The highest BCUT2D eigenvalue weighted by atomic mass is 16.7. The van der Waals surface area contributed by atoms with Gasteiger partial charge in [0.05, 0.1) is 33.5 Å². The van der Waals surface area contributed by atoms with Crippen molar-refractivity contribution in [1.29, 1.82) is 0 Å². The van der Waals surface area contributed by atoms with E-state index >= 15 is 0 Å². The molecule has 0 atom stereocenters.